The zero-order chi connectivity index (χ0) is 16.2. The van der Waals surface area contributed by atoms with Crippen LogP contribution in [0.15, 0.2) is 41.6 Å². The molecule has 2 rings (SSSR count). The lowest BCUT2D eigenvalue weighted by Crippen LogP contribution is -2.21. The van der Waals surface area contributed by atoms with E-state index >= 15 is 0 Å². The van der Waals surface area contributed by atoms with Crippen LogP contribution in [0.5, 0.6) is 0 Å². The Bertz CT molecular complexity index is 684. The first-order valence-corrected chi connectivity index (χ1v) is 7.11. The molecule has 0 saturated carbocycles. The standard InChI is InChI=1S/C17H20N2O3/c1-17(2,3)13-6-4-12(5-7-13)15(9-22-11-20)14-8-18-10-19-16(14)21/h4-8,10-11,15H,9H2,1-3H3,(H,18,19,21). The van der Waals surface area contributed by atoms with Crippen molar-refractivity contribution >= 4 is 6.47 Å². The normalized spacial score (nSPS) is 12.7. The highest BCUT2D eigenvalue weighted by molar-refractivity contribution is 5.39. The maximum absolute atomic E-state index is 12.0. The number of H-pyrrole nitrogens is 1. The Morgan fingerprint density at radius 2 is 1.95 bits per heavy atom. The number of nitrogens with zero attached hydrogens (tertiary/aromatic N) is 1. The van der Waals surface area contributed by atoms with Crippen molar-refractivity contribution in [1.82, 2.24) is 9.97 Å². The van der Waals surface area contributed by atoms with E-state index in [4.69, 9.17) is 4.74 Å². The first-order chi connectivity index (χ1) is 10.4. The number of hydrogen-bond donors (Lipinski definition) is 1. The van der Waals surface area contributed by atoms with E-state index < -0.39 is 0 Å². The third-order valence-electron chi connectivity index (χ3n) is 3.63. The second kappa shape index (κ2) is 6.56. The maximum Gasteiger partial charge on any atom is 0.293 e. The molecule has 1 atom stereocenters. The van der Waals surface area contributed by atoms with E-state index in [9.17, 15) is 9.59 Å². The molecule has 5 nitrogen and oxygen atoms in total. The molecule has 0 aliphatic carbocycles. The monoisotopic (exact) mass is 300 g/mol. The molecule has 1 unspecified atom stereocenters. The number of aromatic nitrogens is 2. The van der Waals surface area contributed by atoms with Crippen LogP contribution in [0.4, 0.5) is 0 Å². The Balaban J connectivity index is 2.40. The summed E-state index contributed by atoms with van der Waals surface area (Å²) in [5.41, 5.74) is 2.42. The van der Waals surface area contributed by atoms with Gasteiger partial charge >= 0.3 is 0 Å². The van der Waals surface area contributed by atoms with Gasteiger partial charge in [0, 0.05) is 11.8 Å². The van der Waals surface area contributed by atoms with E-state index in [1.54, 1.807) is 0 Å². The molecule has 5 heteroatoms. The second-order valence-electron chi connectivity index (χ2n) is 6.19. The van der Waals surface area contributed by atoms with Gasteiger partial charge in [0.2, 0.25) is 0 Å². The molecule has 1 aromatic carbocycles. The lowest BCUT2D eigenvalue weighted by atomic mass is 9.85. The Kier molecular flexibility index (Phi) is 4.75. The highest BCUT2D eigenvalue weighted by Crippen LogP contribution is 2.27. The van der Waals surface area contributed by atoms with Gasteiger partial charge in [-0.15, -0.1) is 0 Å². The van der Waals surface area contributed by atoms with Crippen molar-refractivity contribution in [1.29, 1.82) is 0 Å². The van der Waals surface area contributed by atoms with Gasteiger partial charge in [0.1, 0.15) is 6.61 Å². The number of nitrogens with one attached hydrogen (secondary N) is 1. The summed E-state index contributed by atoms with van der Waals surface area (Å²) in [5.74, 6) is -0.336. The molecule has 1 aromatic heterocycles. The molecule has 0 amide bonds. The number of ether oxygens (including phenoxy) is 1. The highest BCUT2D eigenvalue weighted by Gasteiger charge is 2.20. The van der Waals surface area contributed by atoms with Crippen LogP contribution in [0.2, 0.25) is 0 Å². The number of aromatic amines is 1. The van der Waals surface area contributed by atoms with Crippen LogP contribution in [0.3, 0.4) is 0 Å². The van der Waals surface area contributed by atoms with Crippen molar-refractivity contribution in [3.63, 3.8) is 0 Å². The van der Waals surface area contributed by atoms with Gasteiger partial charge in [0.05, 0.1) is 12.2 Å². The van der Waals surface area contributed by atoms with E-state index in [1.807, 2.05) is 24.3 Å². The Hall–Kier alpha value is -2.43. The molecule has 0 radical (unpaired) electrons. The second-order valence-corrected chi connectivity index (χ2v) is 6.19. The summed E-state index contributed by atoms with van der Waals surface area (Å²) in [7, 11) is 0. The lowest BCUT2D eigenvalue weighted by molar-refractivity contribution is -0.128. The molecular weight excluding hydrogens is 280 g/mol. The van der Waals surface area contributed by atoms with Crippen molar-refractivity contribution in [3.05, 3.63) is 63.8 Å². The summed E-state index contributed by atoms with van der Waals surface area (Å²) in [6.07, 6.45) is 2.85. The first-order valence-electron chi connectivity index (χ1n) is 7.11. The zero-order valence-corrected chi connectivity index (χ0v) is 13.0. The third-order valence-corrected chi connectivity index (χ3v) is 3.63. The van der Waals surface area contributed by atoms with Gasteiger partial charge in [-0.2, -0.15) is 0 Å². The molecule has 1 N–H and O–H groups in total. The van der Waals surface area contributed by atoms with Gasteiger partial charge in [-0.05, 0) is 16.5 Å². The minimum absolute atomic E-state index is 0.0547. The van der Waals surface area contributed by atoms with Gasteiger partial charge < -0.3 is 9.72 Å². The molecule has 2 aromatic rings. The van der Waals surface area contributed by atoms with Crippen LogP contribution >= 0.6 is 0 Å². The smallest absolute Gasteiger partial charge is 0.293 e. The van der Waals surface area contributed by atoms with E-state index in [2.05, 4.69) is 30.7 Å². The van der Waals surface area contributed by atoms with E-state index in [1.165, 1.54) is 18.1 Å². The fraction of sp³-hybridized carbons (Fsp3) is 0.353. The van der Waals surface area contributed by atoms with Gasteiger partial charge in [-0.3, -0.25) is 9.59 Å². The lowest BCUT2D eigenvalue weighted by Gasteiger charge is -2.21. The molecule has 1 heterocycles. The molecule has 0 aliphatic rings. The molecule has 22 heavy (non-hydrogen) atoms. The minimum Gasteiger partial charge on any atom is -0.467 e. The molecule has 116 valence electrons. The molecule has 0 aliphatic heterocycles. The van der Waals surface area contributed by atoms with Crippen LogP contribution in [0, 0.1) is 0 Å². The minimum atomic E-state index is -0.336. The van der Waals surface area contributed by atoms with Gasteiger partial charge in [-0.25, -0.2) is 4.98 Å². The Labute approximate surface area is 129 Å². The van der Waals surface area contributed by atoms with Crippen molar-refractivity contribution in [2.24, 2.45) is 0 Å². The van der Waals surface area contributed by atoms with E-state index in [-0.39, 0.29) is 23.5 Å². The predicted molar refractivity (Wildman–Crippen MR) is 83.9 cm³/mol. The van der Waals surface area contributed by atoms with E-state index in [0.29, 0.717) is 12.0 Å². The summed E-state index contributed by atoms with van der Waals surface area (Å²) in [4.78, 5) is 29.0. The van der Waals surface area contributed by atoms with Crippen molar-refractivity contribution in [2.45, 2.75) is 32.1 Å². The number of rotatable bonds is 5. The first kappa shape index (κ1) is 15.9. The quantitative estimate of drug-likeness (QED) is 0.860. The fourth-order valence-corrected chi connectivity index (χ4v) is 2.32. The average molecular weight is 300 g/mol. The average Bonchev–Trinajstić information content (AvgIpc) is 2.49. The zero-order valence-electron chi connectivity index (χ0n) is 13.0. The van der Waals surface area contributed by atoms with Crippen molar-refractivity contribution < 1.29 is 9.53 Å². The SMILES string of the molecule is CC(C)(C)c1ccc(C(COC=O)c2cnc[nH]c2=O)cc1. The van der Waals surface area contributed by atoms with Crippen LogP contribution in [-0.4, -0.2) is 23.0 Å². The largest absolute Gasteiger partial charge is 0.467 e. The summed E-state index contributed by atoms with van der Waals surface area (Å²) in [6.45, 7) is 6.91. The highest BCUT2D eigenvalue weighted by atomic mass is 16.5. The third kappa shape index (κ3) is 3.61. The van der Waals surface area contributed by atoms with Crippen LogP contribution in [-0.2, 0) is 14.9 Å². The summed E-state index contributed by atoms with van der Waals surface area (Å²) in [6, 6.07) is 8.00. The number of benzene rings is 1. The number of hydrogen-bond acceptors (Lipinski definition) is 4. The van der Waals surface area contributed by atoms with Gasteiger partial charge in [0.25, 0.3) is 12.0 Å². The fourth-order valence-electron chi connectivity index (χ4n) is 2.32. The summed E-state index contributed by atoms with van der Waals surface area (Å²) < 4.78 is 4.90. The van der Waals surface area contributed by atoms with Gasteiger partial charge in [-0.1, -0.05) is 45.0 Å². The van der Waals surface area contributed by atoms with Crippen LogP contribution in [0.25, 0.3) is 0 Å². The van der Waals surface area contributed by atoms with Crippen molar-refractivity contribution in [2.75, 3.05) is 6.61 Å². The number of carbonyl (C=O) groups is 1. The Morgan fingerprint density at radius 1 is 1.27 bits per heavy atom. The van der Waals surface area contributed by atoms with Crippen molar-refractivity contribution in [3.8, 4) is 0 Å². The molecule has 0 saturated heterocycles. The topological polar surface area (TPSA) is 72.0 Å². The van der Waals surface area contributed by atoms with E-state index in [0.717, 1.165) is 5.56 Å². The number of carbonyl (C=O) groups excluding carboxylic acids is 1. The molecule has 0 fully saturated rings. The summed E-state index contributed by atoms with van der Waals surface area (Å²) in [5, 5.41) is 0. The maximum atomic E-state index is 12.0. The molecule has 0 bridgehead atoms. The predicted octanol–water partition coefficient (Wildman–Crippen LogP) is 2.37. The molecule has 0 spiro atoms. The van der Waals surface area contributed by atoms with Crippen LogP contribution in [0.1, 0.15) is 43.4 Å². The summed E-state index contributed by atoms with van der Waals surface area (Å²) >= 11 is 0. The molecular formula is C17H20N2O3. The van der Waals surface area contributed by atoms with Crippen LogP contribution < -0.4 is 5.56 Å². The Morgan fingerprint density at radius 3 is 2.50 bits per heavy atom. The van der Waals surface area contributed by atoms with Gasteiger partial charge in [0.15, 0.2) is 0 Å².